The molecule has 132 valence electrons. The fourth-order valence-corrected chi connectivity index (χ4v) is 2.76. The Morgan fingerprint density at radius 3 is 2.54 bits per heavy atom. The van der Waals surface area contributed by atoms with E-state index in [0.717, 1.165) is 21.5 Å². The fourth-order valence-electron chi connectivity index (χ4n) is 2.76. The van der Waals surface area contributed by atoms with Crippen LogP contribution in [-0.4, -0.2) is 18.9 Å². The Kier molecular flexibility index (Phi) is 4.45. The van der Waals surface area contributed by atoms with Crippen LogP contribution in [0.1, 0.15) is 16.8 Å². The molecule has 26 heavy (non-hydrogen) atoms. The van der Waals surface area contributed by atoms with Gasteiger partial charge in [-0.25, -0.2) is 9.48 Å². The van der Waals surface area contributed by atoms with E-state index >= 15 is 0 Å². The standard InChI is InChI=1S/C18H18N6O2/c1-12-8-9-24(21-12)15-7-5-4-6-13(15)11-20-16-14(10-19)17(25)23(3)18(26)22(16)2/h4-9,20H,11H2,1-3H3. The third kappa shape index (κ3) is 2.91. The number of benzene rings is 1. The minimum atomic E-state index is -0.617. The second kappa shape index (κ2) is 6.72. The van der Waals surface area contributed by atoms with Crippen LogP contribution in [0.25, 0.3) is 5.69 Å². The molecule has 3 aromatic rings. The quantitative estimate of drug-likeness (QED) is 0.759. The molecular formula is C18H18N6O2. The van der Waals surface area contributed by atoms with Gasteiger partial charge in [-0.05, 0) is 24.6 Å². The number of hydrogen-bond acceptors (Lipinski definition) is 5. The van der Waals surface area contributed by atoms with Crippen molar-refractivity contribution in [2.24, 2.45) is 14.1 Å². The van der Waals surface area contributed by atoms with Crippen LogP contribution in [0, 0.1) is 18.3 Å². The molecule has 0 fully saturated rings. The lowest BCUT2D eigenvalue weighted by Gasteiger charge is -2.15. The summed E-state index contributed by atoms with van der Waals surface area (Å²) in [5.41, 5.74) is 1.48. The fraction of sp³-hybridized carbons (Fsp3) is 0.222. The van der Waals surface area contributed by atoms with E-state index in [1.54, 1.807) is 4.68 Å². The Hall–Kier alpha value is -3.60. The number of aromatic nitrogens is 4. The molecular weight excluding hydrogens is 332 g/mol. The van der Waals surface area contributed by atoms with Gasteiger partial charge in [-0.1, -0.05) is 18.2 Å². The Labute approximate surface area is 149 Å². The summed E-state index contributed by atoms with van der Waals surface area (Å²) in [5.74, 6) is 0.201. The summed E-state index contributed by atoms with van der Waals surface area (Å²) in [7, 11) is 2.87. The summed E-state index contributed by atoms with van der Waals surface area (Å²) in [6.07, 6.45) is 1.86. The number of para-hydroxylation sites is 1. The molecule has 3 rings (SSSR count). The van der Waals surface area contributed by atoms with E-state index in [1.807, 2.05) is 49.5 Å². The van der Waals surface area contributed by atoms with Crippen molar-refractivity contribution in [1.82, 2.24) is 18.9 Å². The van der Waals surface area contributed by atoms with Crippen molar-refractivity contribution in [3.8, 4) is 11.8 Å². The smallest absolute Gasteiger partial charge is 0.332 e. The van der Waals surface area contributed by atoms with Crippen LogP contribution in [0.5, 0.6) is 0 Å². The van der Waals surface area contributed by atoms with E-state index in [-0.39, 0.29) is 11.4 Å². The number of nitrogens with one attached hydrogen (secondary N) is 1. The third-order valence-electron chi connectivity index (χ3n) is 4.18. The number of rotatable bonds is 4. The zero-order valence-electron chi connectivity index (χ0n) is 14.7. The van der Waals surface area contributed by atoms with Crippen molar-refractivity contribution in [3.63, 3.8) is 0 Å². The van der Waals surface area contributed by atoms with Gasteiger partial charge < -0.3 is 5.32 Å². The van der Waals surface area contributed by atoms with Crippen molar-refractivity contribution in [3.05, 3.63) is 74.2 Å². The average Bonchev–Trinajstić information content (AvgIpc) is 3.08. The highest BCUT2D eigenvalue weighted by Gasteiger charge is 2.15. The Bertz CT molecular complexity index is 1130. The molecule has 8 nitrogen and oxygen atoms in total. The molecule has 0 radical (unpaired) electrons. The minimum Gasteiger partial charge on any atom is -0.366 e. The second-order valence-electron chi connectivity index (χ2n) is 5.93. The van der Waals surface area contributed by atoms with Gasteiger partial charge in [-0.2, -0.15) is 10.4 Å². The molecule has 0 aliphatic rings. The largest absolute Gasteiger partial charge is 0.366 e. The predicted octanol–water partition coefficient (Wildman–Crippen LogP) is 1.06. The van der Waals surface area contributed by atoms with E-state index in [9.17, 15) is 14.9 Å². The first kappa shape index (κ1) is 17.2. The minimum absolute atomic E-state index is 0.0954. The van der Waals surface area contributed by atoms with Gasteiger partial charge in [0.1, 0.15) is 11.9 Å². The topological polar surface area (TPSA) is 97.6 Å². The summed E-state index contributed by atoms with van der Waals surface area (Å²) in [5, 5.41) is 16.8. The summed E-state index contributed by atoms with van der Waals surface area (Å²) >= 11 is 0. The van der Waals surface area contributed by atoms with Gasteiger partial charge >= 0.3 is 5.69 Å². The molecule has 0 atom stereocenters. The number of anilines is 1. The predicted molar refractivity (Wildman–Crippen MR) is 97.3 cm³/mol. The summed E-state index contributed by atoms with van der Waals surface area (Å²) in [4.78, 5) is 24.3. The number of hydrogen-bond donors (Lipinski definition) is 1. The SMILES string of the molecule is Cc1ccn(-c2ccccc2CNc2c(C#N)c(=O)n(C)c(=O)n2C)n1. The lowest BCUT2D eigenvalue weighted by molar-refractivity contribution is 0.685. The van der Waals surface area contributed by atoms with E-state index in [4.69, 9.17) is 0 Å². The lowest BCUT2D eigenvalue weighted by atomic mass is 10.1. The molecule has 0 saturated heterocycles. The van der Waals surface area contributed by atoms with Crippen LogP contribution in [0.2, 0.25) is 0 Å². The molecule has 0 saturated carbocycles. The van der Waals surface area contributed by atoms with Gasteiger partial charge in [0, 0.05) is 26.8 Å². The van der Waals surface area contributed by atoms with E-state index in [0.29, 0.717) is 6.54 Å². The van der Waals surface area contributed by atoms with Gasteiger partial charge in [0.25, 0.3) is 5.56 Å². The van der Waals surface area contributed by atoms with Gasteiger partial charge in [-0.3, -0.25) is 13.9 Å². The van der Waals surface area contributed by atoms with Crippen molar-refractivity contribution in [1.29, 1.82) is 5.26 Å². The molecule has 2 aromatic heterocycles. The molecule has 2 heterocycles. The van der Waals surface area contributed by atoms with Crippen molar-refractivity contribution < 1.29 is 0 Å². The normalized spacial score (nSPS) is 10.5. The molecule has 0 unspecified atom stereocenters. The van der Waals surface area contributed by atoms with Crippen molar-refractivity contribution in [2.45, 2.75) is 13.5 Å². The van der Waals surface area contributed by atoms with Crippen LogP contribution >= 0.6 is 0 Å². The average molecular weight is 350 g/mol. The summed E-state index contributed by atoms with van der Waals surface area (Å²) in [6.45, 7) is 2.23. The second-order valence-corrected chi connectivity index (χ2v) is 5.93. The maximum Gasteiger partial charge on any atom is 0.332 e. The van der Waals surface area contributed by atoms with Gasteiger partial charge in [0.2, 0.25) is 0 Å². The Balaban J connectivity index is 2.01. The Morgan fingerprint density at radius 2 is 1.88 bits per heavy atom. The third-order valence-corrected chi connectivity index (χ3v) is 4.18. The lowest BCUT2D eigenvalue weighted by Crippen LogP contribution is -2.39. The molecule has 0 aliphatic carbocycles. The van der Waals surface area contributed by atoms with Crippen molar-refractivity contribution in [2.75, 3.05) is 5.32 Å². The van der Waals surface area contributed by atoms with E-state index in [1.165, 1.54) is 18.7 Å². The first-order chi connectivity index (χ1) is 12.4. The highest BCUT2D eigenvalue weighted by atomic mass is 16.2. The molecule has 1 aromatic carbocycles. The molecule has 0 spiro atoms. The van der Waals surface area contributed by atoms with E-state index < -0.39 is 11.2 Å². The van der Waals surface area contributed by atoms with Gasteiger partial charge in [0.15, 0.2) is 5.56 Å². The highest BCUT2D eigenvalue weighted by molar-refractivity contribution is 5.52. The Morgan fingerprint density at radius 1 is 1.15 bits per heavy atom. The molecule has 0 amide bonds. The first-order valence-corrected chi connectivity index (χ1v) is 7.98. The molecule has 8 heteroatoms. The number of aryl methyl sites for hydroxylation is 1. The molecule has 1 N–H and O–H groups in total. The first-order valence-electron chi connectivity index (χ1n) is 7.98. The maximum absolute atomic E-state index is 12.2. The van der Waals surface area contributed by atoms with Crippen LogP contribution in [-0.2, 0) is 20.6 Å². The van der Waals surface area contributed by atoms with Crippen LogP contribution in [0.4, 0.5) is 5.82 Å². The zero-order valence-corrected chi connectivity index (χ0v) is 14.7. The van der Waals surface area contributed by atoms with Crippen LogP contribution in [0.3, 0.4) is 0 Å². The zero-order chi connectivity index (χ0) is 18.8. The van der Waals surface area contributed by atoms with Crippen LogP contribution < -0.4 is 16.6 Å². The van der Waals surface area contributed by atoms with Crippen molar-refractivity contribution >= 4 is 5.82 Å². The molecule has 0 aliphatic heterocycles. The van der Waals surface area contributed by atoms with Gasteiger partial charge in [-0.15, -0.1) is 0 Å². The highest BCUT2D eigenvalue weighted by Crippen LogP contribution is 2.16. The van der Waals surface area contributed by atoms with E-state index in [2.05, 4.69) is 10.4 Å². The summed E-state index contributed by atoms with van der Waals surface area (Å²) in [6, 6.07) is 11.4. The maximum atomic E-state index is 12.2. The van der Waals surface area contributed by atoms with Crippen LogP contribution in [0.15, 0.2) is 46.1 Å². The van der Waals surface area contributed by atoms with Gasteiger partial charge in [0.05, 0.1) is 11.4 Å². The number of nitriles is 1. The number of nitrogens with zero attached hydrogens (tertiary/aromatic N) is 5. The summed E-state index contributed by atoms with van der Waals surface area (Å²) < 4.78 is 3.95. The monoisotopic (exact) mass is 350 g/mol. The molecule has 0 bridgehead atoms.